The zero-order chi connectivity index (χ0) is 22.6. The molecule has 2 N–H and O–H groups in total. The highest BCUT2D eigenvalue weighted by atomic mass is 32.1. The lowest BCUT2D eigenvalue weighted by Crippen LogP contribution is -2.46. The summed E-state index contributed by atoms with van der Waals surface area (Å²) in [7, 11) is 0. The molecule has 1 aliphatic rings. The van der Waals surface area contributed by atoms with Gasteiger partial charge < -0.3 is 15.2 Å². The van der Waals surface area contributed by atoms with Crippen LogP contribution in [0.15, 0.2) is 89.7 Å². The van der Waals surface area contributed by atoms with E-state index in [0.29, 0.717) is 0 Å². The first kappa shape index (κ1) is 21.5. The van der Waals surface area contributed by atoms with E-state index < -0.39 is 0 Å². The second-order valence-electron chi connectivity index (χ2n) is 8.64. The lowest BCUT2D eigenvalue weighted by atomic mass is 9.99. The molecule has 1 atom stereocenters. The van der Waals surface area contributed by atoms with Gasteiger partial charge in [0, 0.05) is 19.1 Å². The minimum absolute atomic E-state index is 0.0256. The fourth-order valence-corrected chi connectivity index (χ4v) is 5.12. The average molecular weight is 457 g/mol. The van der Waals surface area contributed by atoms with Gasteiger partial charge in [0.1, 0.15) is 0 Å². The number of para-hydroxylation sites is 2. The van der Waals surface area contributed by atoms with E-state index in [2.05, 4.69) is 63.7 Å². The molecule has 0 bridgehead atoms. The number of aromatic amines is 1. The highest BCUT2D eigenvalue weighted by Gasteiger charge is 2.26. The van der Waals surface area contributed by atoms with Crippen molar-refractivity contribution in [3.63, 3.8) is 0 Å². The highest BCUT2D eigenvalue weighted by Crippen LogP contribution is 2.26. The molecule has 1 unspecified atom stereocenters. The van der Waals surface area contributed by atoms with Crippen LogP contribution in [0.3, 0.4) is 0 Å². The maximum absolute atomic E-state index is 12.6. The van der Waals surface area contributed by atoms with Crippen LogP contribution in [0.1, 0.15) is 36.1 Å². The summed E-state index contributed by atoms with van der Waals surface area (Å²) < 4.78 is 1.92. The van der Waals surface area contributed by atoms with Gasteiger partial charge in [-0.15, -0.1) is 0 Å². The normalized spacial score (nSPS) is 15.5. The van der Waals surface area contributed by atoms with Crippen molar-refractivity contribution in [2.75, 3.05) is 13.1 Å². The zero-order valence-electron chi connectivity index (χ0n) is 18.5. The Morgan fingerprint density at radius 1 is 0.939 bits per heavy atom. The Morgan fingerprint density at radius 2 is 1.58 bits per heavy atom. The third-order valence-corrected chi connectivity index (χ3v) is 6.90. The molecule has 1 saturated heterocycles. The number of likely N-dealkylation sites (tertiary alicyclic amines) is 1. The molecule has 0 aliphatic carbocycles. The average Bonchev–Trinajstić information content (AvgIpc) is 3.20. The second-order valence-corrected chi connectivity index (χ2v) is 9.02. The topological polar surface area (TPSA) is 53.1 Å². The van der Waals surface area contributed by atoms with E-state index in [4.69, 9.17) is 12.2 Å². The number of hydrogen-bond donors (Lipinski definition) is 2. The standard InChI is InChI=1S/C27H28N4OS/c32-26-28-23-13-7-8-14-25(23)31(26)22-15-17-30(18-16-22)27(33)29-24(21-11-5-2-6-12-21)19-20-9-3-1-4-10-20/h1-14,22,24H,15-19H2,(H,28,32)(H,29,33). The van der Waals surface area contributed by atoms with Gasteiger partial charge in [0.2, 0.25) is 0 Å². The molecule has 0 spiro atoms. The quantitative estimate of drug-likeness (QED) is 0.423. The molecule has 0 radical (unpaired) electrons. The van der Waals surface area contributed by atoms with Crippen molar-refractivity contribution in [2.24, 2.45) is 0 Å². The van der Waals surface area contributed by atoms with Crippen LogP contribution in [0.25, 0.3) is 11.0 Å². The van der Waals surface area contributed by atoms with Crippen LogP contribution in [0.4, 0.5) is 0 Å². The van der Waals surface area contributed by atoms with Crippen molar-refractivity contribution < 1.29 is 0 Å². The van der Waals surface area contributed by atoms with E-state index in [-0.39, 0.29) is 17.8 Å². The summed E-state index contributed by atoms with van der Waals surface area (Å²) in [5.74, 6) is 0. The Kier molecular flexibility index (Phi) is 6.26. The van der Waals surface area contributed by atoms with Crippen LogP contribution in [0.5, 0.6) is 0 Å². The van der Waals surface area contributed by atoms with Crippen molar-refractivity contribution in [3.05, 3.63) is 107 Å². The Bertz CT molecular complexity index is 1270. The van der Waals surface area contributed by atoms with Crippen LogP contribution >= 0.6 is 12.2 Å². The molecule has 2 heterocycles. The van der Waals surface area contributed by atoms with Crippen molar-refractivity contribution in [1.82, 2.24) is 19.8 Å². The first-order valence-electron chi connectivity index (χ1n) is 11.5. The third-order valence-electron chi connectivity index (χ3n) is 6.52. The van der Waals surface area contributed by atoms with Crippen molar-refractivity contribution in [1.29, 1.82) is 0 Å². The minimum Gasteiger partial charge on any atom is -0.355 e. The summed E-state index contributed by atoms with van der Waals surface area (Å²) in [6, 6.07) is 29.2. The van der Waals surface area contributed by atoms with E-state index in [1.54, 1.807) is 0 Å². The van der Waals surface area contributed by atoms with Crippen LogP contribution in [0.2, 0.25) is 0 Å². The first-order chi connectivity index (χ1) is 16.2. The third kappa shape index (κ3) is 4.71. The van der Waals surface area contributed by atoms with Gasteiger partial charge in [-0.05, 0) is 54.7 Å². The Labute approximate surface area is 199 Å². The second kappa shape index (κ2) is 9.63. The van der Waals surface area contributed by atoms with Crippen LogP contribution < -0.4 is 11.0 Å². The number of nitrogens with zero attached hydrogens (tertiary/aromatic N) is 2. The molecule has 6 heteroatoms. The molecule has 5 rings (SSSR count). The van der Waals surface area contributed by atoms with Crippen LogP contribution in [0, 0.1) is 0 Å². The number of rotatable bonds is 5. The predicted molar refractivity (Wildman–Crippen MR) is 137 cm³/mol. The van der Waals surface area contributed by atoms with Crippen LogP contribution in [-0.2, 0) is 6.42 Å². The van der Waals surface area contributed by atoms with Gasteiger partial charge in [-0.2, -0.15) is 0 Å². The number of piperidine rings is 1. The summed E-state index contributed by atoms with van der Waals surface area (Å²) in [5.41, 5.74) is 4.35. The number of fused-ring (bicyclic) bond motifs is 1. The maximum atomic E-state index is 12.6. The molecule has 3 aromatic carbocycles. The Hall–Kier alpha value is -3.38. The molecule has 33 heavy (non-hydrogen) atoms. The van der Waals surface area contributed by atoms with Gasteiger partial charge in [-0.3, -0.25) is 4.57 Å². The van der Waals surface area contributed by atoms with E-state index >= 15 is 0 Å². The van der Waals surface area contributed by atoms with Gasteiger partial charge in [0.25, 0.3) is 0 Å². The number of hydrogen-bond acceptors (Lipinski definition) is 2. The van der Waals surface area contributed by atoms with Gasteiger partial charge in [0.15, 0.2) is 5.11 Å². The van der Waals surface area contributed by atoms with Crippen molar-refractivity contribution in [3.8, 4) is 0 Å². The van der Waals surface area contributed by atoms with Crippen molar-refractivity contribution in [2.45, 2.75) is 31.3 Å². The lowest BCUT2D eigenvalue weighted by Gasteiger charge is -2.35. The largest absolute Gasteiger partial charge is 0.355 e. The number of thiocarbonyl (C=S) groups is 1. The summed E-state index contributed by atoms with van der Waals surface area (Å²) >= 11 is 5.85. The molecule has 4 aromatic rings. The van der Waals surface area contributed by atoms with E-state index in [1.165, 1.54) is 11.1 Å². The number of aromatic nitrogens is 2. The fourth-order valence-electron chi connectivity index (χ4n) is 4.79. The first-order valence-corrected chi connectivity index (χ1v) is 11.9. The predicted octanol–water partition coefficient (Wildman–Crippen LogP) is 4.83. The lowest BCUT2D eigenvalue weighted by molar-refractivity contribution is 0.263. The SMILES string of the molecule is O=c1[nH]c2ccccc2n1C1CCN(C(=S)NC(Cc2ccccc2)c2ccccc2)CC1. The molecule has 1 aliphatic heterocycles. The molecule has 0 amide bonds. The number of nitrogens with one attached hydrogen (secondary N) is 2. The molecular weight excluding hydrogens is 428 g/mol. The Morgan fingerprint density at radius 3 is 2.30 bits per heavy atom. The molecule has 168 valence electrons. The fraction of sp³-hybridized carbons (Fsp3) is 0.259. The summed E-state index contributed by atoms with van der Waals surface area (Å²) in [5, 5.41) is 4.41. The monoisotopic (exact) mass is 456 g/mol. The van der Waals surface area contributed by atoms with Gasteiger partial charge in [0.05, 0.1) is 17.1 Å². The van der Waals surface area contributed by atoms with E-state index in [0.717, 1.165) is 48.5 Å². The Balaban J connectivity index is 1.27. The van der Waals surface area contributed by atoms with Crippen LogP contribution in [-0.4, -0.2) is 32.7 Å². The highest BCUT2D eigenvalue weighted by molar-refractivity contribution is 7.80. The van der Waals surface area contributed by atoms with E-state index in [1.807, 2.05) is 41.0 Å². The zero-order valence-corrected chi connectivity index (χ0v) is 19.3. The molecule has 1 aromatic heterocycles. The molecule has 0 saturated carbocycles. The smallest absolute Gasteiger partial charge is 0.326 e. The number of imidazole rings is 1. The van der Waals surface area contributed by atoms with Crippen molar-refractivity contribution >= 4 is 28.4 Å². The number of H-pyrrole nitrogens is 1. The summed E-state index contributed by atoms with van der Waals surface area (Å²) in [4.78, 5) is 17.8. The summed E-state index contributed by atoms with van der Waals surface area (Å²) in [6.07, 6.45) is 2.64. The summed E-state index contributed by atoms with van der Waals surface area (Å²) in [6.45, 7) is 1.66. The van der Waals surface area contributed by atoms with Gasteiger partial charge in [-0.25, -0.2) is 4.79 Å². The number of benzene rings is 3. The minimum atomic E-state index is -0.0256. The van der Waals surface area contributed by atoms with Gasteiger partial charge in [-0.1, -0.05) is 72.8 Å². The maximum Gasteiger partial charge on any atom is 0.326 e. The molecule has 1 fully saturated rings. The molecular formula is C27H28N4OS. The van der Waals surface area contributed by atoms with Gasteiger partial charge >= 0.3 is 5.69 Å². The molecule has 5 nitrogen and oxygen atoms in total. The van der Waals surface area contributed by atoms with E-state index in [9.17, 15) is 4.79 Å².